The van der Waals surface area contributed by atoms with Crippen molar-refractivity contribution >= 4 is 0 Å². The van der Waals surface area contributed by atoms with Crippen molar-refractivity contribution in [2.45, 2.75) is 43.7 Å². The second-order valence-corrected chi connectivity index (χ2v) is 8.87. The number of hydrogen-bond donors (Lipinski definition) is 1. The van der Waals surface area contributed by atoms with Gasteiger partial charge in [-0.2, -0.15) is 0 Å². The summed E-state index contributed by atoms with van der Waals surface area (Å²) in [5, 5.41) is 10.4. The minimum Gasteiger partial charge on any atom is -0.454 e. The zero-order valence-electron chi connectivity index (χ0n) is 17.6. The van der Waals surface area contributed by atoms with Crippen LogP contribution in [0, 0.1) is 0 Å². The summed E-state index contributed by atoms with van der Waals surface area (Å²) >= 11 is 0. The van der Waals surface area contributed by atoms with Crippen LogP contribution in [0.1, 0.15) is 36.3 Å². The second-order valence-electron chi connectivity index (χ2n) is 8.87. The van der Waals surface area contributed by atoms with Gasteiger partial charge in [0.2, 0.25) is 6.79 Å². The van der Waals surface area contributed by atoms with E-state index >= 15 is 0 Å². The summed E-state index contributed by atoms with van der Waals surface area (Å²) in [5.41, 5.74) is 2.69. The van der Waals surface area contributed by atoms with Crippen LogP contribution in [-0.4, -0.2) is 66.6 Å². The maximum Gasteiger partial charge on any atom is 0.231 e. The number of piperazine rings is 1. The van der Waals surface area contributed by atoms with Gasteiger partial charge in [0.25, 0.3) is 0 Å². The van der Waals surface area contributed by atoms with Crippen molar-refractivity contribution in [3.05, 3.63) is 59.7 Å². The summed E-state index contributed by atoms with van der Waals surface area (Å²) in [6, 6.07) is 17.6. The molecule has 1 N–H and O–H groups in total. The molecule has 3 unspecified atom stereocenters. The molecule has 0 spiro atoms. The first-order chi connectivity index (χ1) is 14.8. The van der Waals surface area contributed by atoms with Crippen LogP contribution in [0.3, 0.4) is 0 Å². The van der Waals surface area contributed by atoms with Gasteiger partial charge in [-0.1, -0.05) is 36.4 Å². The van der Waals surface area contributed by atoms with Crippen LogP contribution < -0.4 is 9.47 Å². The summed E-state index contributed by atoms with van der Waals surface area (Å²) in [6.07, 6.45) is 3.71. The first-order valence-corrected chi connectivity index (χ1v) is 11.3. The molecule has 0 bridgehead atoms. The van der Waals surface area contributed by atoms with Crippen LogP contribution in [0.4, 0.5) is 0 Å². The summed E-state index contributed by atoms with van der Waals surface area (Å²) in [5.74, 6) is 2.02. The van der Waals surface area contributed by atoms with E-state index in [9.17, 15) is 5.11 Å². The fraction of sp³-hybridized carbons (Fsp3) is 0.520. The van der Waals surface area contributed by atoms with Crippen LogP contribution in [0.15, 0.2) is 48.5 Å². The van der Waals surface area contributed by atoms with Crippen LogP contribution in [0.2, 0.25) is 0 Å². The number of aliphatic hydroxyl groups excluding tert-OH is 1. The van der Waals surface area contributed by atoms with E-state index in [-0.39, 0.29) is 6.10 Å². The predicted octanol–water partition coefficient (Wildman–Crippen LogP) is 3.27. The summed E-state index contributed by atoms with van der Waals surface area (Å²) < 4.78 is 11.1. The van der Waals surface area contributed by atoms with Gasteiger partial charge in [-0.3, -0.25) is 4.90 Å². The van der Waals surface area contributed by atoms with Gasteiger partial charge in [-0.25, -0.2) is 0 Å². The van der Waals surface area contributed by atoms with Gasteiger partial charge >= 0.3 is 0 Å². The van der Waals surface area contributed by atoms with E-state index in [0.717, 1.165) is 69.9 Å². The zero-order valence-corrected chi connectivity index (χ0v) is 17.6. The number of hydrogen-bond acceptors (Lipinski definition) is 5. The molecule has 160 valence electrons. The van der Waals surface area contributed by atoms with E-state index in [2.05, 4.69) is 52.3 Å². The van der Waals surface area contributed by atoms with E-state index in [4.69, 9.17) is 9.47 Å². The maximum atomic E-state index is 10.4. The third-order valence-corrected chi connectivity index (χ3v) is 7.05. The minimum absolute atomic E-state index is 0.205. The van der Waals surface area contributed by atoms with Crippen LogP contribution in [0.25, 0.3) is 0 Å². The molecule has 2 heterocycles. The van der Waals surface area contributed by atoms with E-state index in [1.54, 1.807) is 0 Å². The molecule has 5 heteroatoms. The Labute approximate surface area is 179 Å². The monoisotopic (exact) mass is 408 g/mol. The van der Waals surface area contributed by atoms with E-state index in [0.29, 0.717) is 18.8 Å². The third kappa shape index (κ3) is 4.34. The van der Waals surface area contributed by atoms with Crippen molar-refractivity contribution < 1.29 is 14.6 Å². The average molecular weight is 409 g/mol. The molecule has 2 aromatic carbocycles. The Hall–Kier alpha value is -2.08. The summed E-state index contributed by atoms with van der Waals surface area (Å²) in [4.78, 5) is 5.26. The molecule has 2 aromatic rings. The Morgan fingerprint density at radius 1 is 0.900 bits per heavy atom. The van der Waals surface area contributed by atoms with E-state index in [1.165, 1.54) is 11.1 Å². The summed E-state index contributed by atoms with van der Waals surface area (Å²) in [6.45, 7) is 5.90. The van der Waals surface area contributed by atoms with Crippen molar-refractivity contribution in [3.8, 4) is 11.5 Å². The highest BCUT2D eigenvalue weighted by molar-refractivity contribution is 5.45. The second kappa shape index (κ2) is 8.96. The maximum absolute atomic E-state index is 10.4. The lowest BCUT2D eigenvalue weighted by Crippen LogP contribution is -2.53. The molecule has 30 heavy (non-hydrogen) atoms. The van der Waals surface area contributed by atoms with E-state index < -0.39 is 0 Å². The van der Waals surface area contributed by atoms with Crippen molar-refractivity contribution in [1.29, 1.82) is 0 Å². The molecule has 3 aliphatic rings. The molecule has 1 aliphatic carbocycles. The molecule has 1 saturated carbocycles. The number of fused-ring (bicyclic) bond motifs is 1. The number of benzene rings is 2. The minimum atomic E-state index is -0.205. The third-order valence-electron chi connectivity index (χ3n) is 7.05. The number of nitrogens with zero attached hydrogens (tertiary/aromatic N) is 2. The molecular formula is C25H32N2O3. The quantitative estimate of drug-likeness (QED) is 0.823. The first kappa shape index (κ1) is 19.9. The lowest BCUT2D eigenvalue weighted by atomic mass is 9.77. The van der Waals surface area contributed by atoms with Crippen molar-refractivity contribution in [1.82, 2.24) is 9.80 Å². The van der Waals surface area contributed by atoms with Gasteiger partial charge < -0.3 is 19.5 Å². The van der Waals surface area contributed by atoms with Gasteiger partial charge in [-0.15, -0.1) is 0 Å². The molecule has 2 fully saturated rings. The van der Waals surface area contributed by atoms with Crippen LogP contribution in [0.5, 0.6) is 11.5 Å². The SMILES string of the molecule is OC1CCC(N2CCN(CCc3ccccc3)CC2)C(c2ccc3c(c2)OCO3)C1. The lowest BCUT2D eigenvalue weighted by Gasteiger charge is -2.45. The molecule has 0 amide bonds. The highest BCUT2D eigenvalue weighted by Crippen LogP contribution is 2.41. The zero-order chi connectivity index (χ0) is 20.3. The normalized spacial score (nSPS) is 27.3. The Kier molecular flexibility index (Phi) is 5.93. The standard InChI is InChI=1S/C25H32N2O3/c28-21-7-8-23(22(17-21)20-6-9-24-25(16-20)30-18-29-24)27-14-12-26(13-15-27)11-10-19-4-2-1-3-5-19/h1-6,9,16,21-23,28H,7-8,10-15,17-18H2. The Balaban J connectivity index is 1.22. The molecule has 2 aliphatic heterocycles. The molecule has 0 aromatic heterocycles. The number of ether oxygens (including phenoxy) is 2. The highest BCUT2D eigenvalue weighted by Gasteiger charge is 2.36. The number of aliphatic hydroxyl groups is 1. The van der Waals surface area contributed by atoms with Gasteiger partial charge in [0, 0.05) is 44.7 Å². The Morgan fingerprint density at radius 3 is 2.53 bits per heavy atom. The average Bonchev–Trinajstić information content (AvgIpc) is 3.27. The molecule has 0 radical (unpaired) electrons. The van der Waals surface area contributed by atoms with Gasteiger partial charge in [-0.05, 0) is 48.9 Å². The topological polar surface area (TPSA) is 45.2 Å². The molecule has 5 rings (SSSR count). The lowest BCUT2D eigenvalue weighted by molar-refractivity contribution is 0.0307. The fourth-order valence-electron chi connectivity index (χ4n) is 5.32. The van der Waals surface area contributed by atoms with Crippen molar-refractivity contribution in [2.24, 2.45) is 0 Å². The smallest absolute Gasteiger partial charge is 0.231 e. The Bertz CT molecular complexity index is 836. The highest BCUT2D eigenvalue weighted by atomic mass is 16.7. The molecule has 3 atom stereocenters. The van der Waals surface area contributed by atoms with Gasteiger partial charge in [0.1, 0.15) is 0 Å². The fourth-order valence-corrected chi connectivity index (χ4v) is 5.32. The van der Waals surface area contributed by atoms with E-state index in [1.807, 2.05) is 6.07 Å². The number of rotatable bonds is 5. The largest absolute Gasteiger partial charge is 0.454 e. The predicted molar refractivity (Wildman–Crippen MR) is 117 cm³/mol. The van der Waals surface area contributed by atoms with Gasteiger partial charge in [0.15, 0.2) is 11.5 Å². The molecule has 5 nitrogen and oxygen atoms in total. The Morgan fingerprint density at radius 2 is 1.70 bits per heavy atom. The molecule has 1 saturated heterocycles. The van der Waals surface area contributed by atoms with Crippen molar-refractivity contribution in [2.75, 3.05) is 39.5 Å². The van der Waals surface area contributed by atoms with Crippen molar-refractivity contribution in [3.63, 3.8) is 0 Å². The van der Waals surface area contributed by atoms with Crippen LogP contribution >= 0.6 is 0 Å². The van der Waals surface area contributed by atoms with Crippen LogP contribution in [-0.2, 0) is 6.42 Å². The summed E-state index contributed by atoms with van der Waals surface area (Å²) in [7, 11) is 0. The van der Waals surface area contributed by atoms with Gasteiger partial charge in [0.05, 0.1) is 6.10 Å². The first-order valence-electron chi connectivity index (χ1n) is 11.3. The molecular weight excluding hydrogens is 376 g/mol.